The number of carbonyl (C=O) groups excluding carboxylic acids is 3. The van der Waals surface area contributed by atoms with Crippen LogP contribution in [0.25, 0.3) is 0 Å². The summed E-state index contributed by atoms with van der Waals surface area (Å²) in [6, 6.07) is 0. The van der Waals surface area contributed by atoms with Crippen LogP contribution in [0.3, 0.4) is 0 Å². The molecule has 0 unspecified atom stereocenters. The van der Waals surface area contributed by atoms with Crippen molar-refractivity contribution in [2.75, 3.05) is 5.88 Å². The Labute approximate surface area is 130 Å². The number of carbonyl (C=O) groups is 3. The second-order valence-corrected chi connectivity index (χ2v) is 4.65. The predicted octanol–water partition coefficient (Wildman–Crippen LogP) is 2.54. The molecule has 0 fully saturated rings. The molecule has 0 rings (SSSR count). The van der Waals surface area contributed by atoms with Crippen LogP contribution in [0.2, 0.25) is 0 Å². The van der Waals surface area contributed by atoms with Gasteiger partial charge < -0.3 is 9.47 Å². The van der Waals surface area contributed by atoms with Crippen molar-refractivity contribution in [1.82, 2.24) is 0 Å². The zero-order valence-electron chi connectivity index (χ0n) is 11.5. The van der Waals surface area contributed by atoms with Crippen molar-refractivity contribution in [3.63, 3.8) is 0 Å². The molecule has 0 aliphatic heterocycles. The van der Waals surface area contributed by atoms with Gasteiger partial charge in [-0.15, -0.1) is 11.6 Å². The van der Waals surface area contributed by atoms with E-state index in [4.69, 9.17) is 11.6 Å². The topological polar surface area (TPSA) is 69.7 Å². The van der Waals surface area contributed by atoms with Gasteiger partial charge >= 0.3 is 24.3 Å². The van der Waals surface area contributed by atoms with Crippen LogP contribution in [0.5, 0.6) is 0 Å². The van der Waals surface area contributed by atoms with Crippen molar-refractivity contribution in [2.45, 2.75) is 44.3 Å². The van der Waals surface area contributed by atoms with Gasteiger partial charge in [0.1, 0.15) is 18.0 Å². The highest BCUT2D eigenvalue weighted by atomic mass is 35.5. The number of esters is 2. The van der Waals surface area contributed by atoms with Crippen molar-refractivity contribution in [3.05, 3.63) is 0 Å². The summed E-state index contributed by atoms with van der Waals surface area (Å²) in [6.45, 7) is 0.964. The number of Topliss-reactive ketones (excluding diaryl/α,β-unsaturated/α-hetero) is 1. The molecule has 0 saturated carbocycles. The maximum atomic E-state index is 12.1. The molecule has 0 bridgehead atoms. The van der Waals surface area contributed by atoms with Gasteiger partial charge in [0.25, 0.3) is 0 Å². The van der Waals surface area contributed by atoms with Crippen molar-refractivity contribution >= 4 is 29.3 Å². The van der Waals surface area contributed by atoms with E-state index in [1.807, 2.05) is 0 Å². The zero-order valence-corrected chi connectivity index (χ0v) is 12.2. The van der Waals surface area contributed by atoms with E-state index in [2.05, 4.69) is 9.47 Å². The third-order valence-corrected chi connectivity index (χ3v) is 2.57. The molecule has 0 amide bonds. The molecule has 0 heterocycles. The maximum absolute atomic E-state index is 12.1. The number of ketones is 1. The first-order chi connectivity index (χ1) is 10.3. The van der Waals surface area contributed by atoms with E-state index in [1.54, 1.807) is 0 Å². The van der Waals surface area contributed by atoms with Gasteiger partial charge in [0.05, 0.1) is 5.88 Å². The number of halogens is 7. The van der Waals surface area contributed by atoms with Gasteiger partial charge in [0.2, 0.25) is 0 Å². The molecular weight excluding hydrogens is 362 g/mol. The molecule has 0 radical (unpaired) electrons. The standard InChI is InChI=1S/C11H11ClF6O5/c1-5(19)2-6(22-8(20)10(13,14)15)3-7(4-12)23-9(21)11(16,17)18/h6-7H,2-4H2,1H3/t6-,7-/m0/s1. The predicted molar refractivity (Wildman–Crippen MR) is 62.5 cm³/mol. The number of ether oxygens (including phenoxy) is 2. The van der Waals surface area contributed by atoms with Gasteiger partial charge in [-0.1, -0.05) is 0 Å². The molecule has 0 aromatic rings. The van der Waals surface area contributed by atoms with Crippen molar-refractivity contribution in [2.24, 2.45) is 0 Å². The lowest BCUT2D eigenvalue weighted by Crippen LogP contribution is -2.36. The summed E-state index contributed by atoms with van der Waals surface area (Å²) in [7, 11) is 0. The van der Waals surface area contributed by atoms with Gasteiger partial charge in [-0.05, 0) is 6.92 Å². The lowest BCUT2D eigenvalue weighted by atomic mass is 10.1. The van der Waals surface area contributed by atoms with Crippen LogP contribution in [0.4, 0.5) is 26.3 Å². The van der Waals surface area contributed by atoms with Crippen LogP contribution in [0, 0.1) is 0 Å². The number of hydrogen-bond acceptors (Lipinski definition) is 5. The molecule has 12 heteroatoms. The van der Waals surface area contributed by atoms with Crippen LogP contribution in [0.1, 0.15) is 19.8 Å². The molecule has 0 aromatic carbocycles. The minimum absolute atomic E-state index is 0.694. The Balaban J connectivity index is 4.94. The van der Waals surface area contributed by atoms with Crippen molar-refractivity contribution in [1.29, 1.82) is 0 Å². The molecule has 0 aromatic heterocycles. The smallest absolute Gasteiger partial charge is 0.455 e. The van der Waals surface area contributed by atoms with E-state index in [-0.39, 0.29) is 0 Å². The van der Waals surface area contributed by atoms with Crippen LogP contribution >= 0.6 is 11.6 Å². The fraction of sp³-hybridized carbons (Fsp3) is 0.727. The first-order valence-electron chi connectivity index (χ1n) is 5.88. The second-order valence-electron chi connectivity index (χ2n) is 4.35. The second kappa shape index (κ2) is 8.37. The Kier molecular flexibility index (Phi) is 7.81. The SMILES string of the molecule is CC(=O)C[C@@H](C[C@@H](CCl)OC(=O)C(F)(F)F)OC(=O)C(F)(F)F. The first-order valence-corrected chi connectivity index (χ1v) is 6.41. The van der Waals surface area contributed by atoms with E-state index >= 15 is 0 Å². The first kappa shape index (κ1) is 21.5. The van der Waals surface area contributed by atoms with Crippen LogP contribution in [-0.4, -0.2) is 48.2 Å². The molecule has 0 aliphatic carbocycles. The minimum atomic E-state index is -5.35. The Hall–Kier alpha value is -1.52. The molecular formula is C11H11ClF6O5. The van der Waals surface area contributed by atoms with Gasteiger partial charge in [-0.25, -0.2) is 9.59 Å². The van der Waals surface area contributed by atoms with Gasteiger partial charge in [-0.3, -0.25) is 4.79 Å². The number of hydrogen-bond donors (Lipinski definition) is 0. The quantitative estimate of drug-likeness (QED) is 0.390. The normalized spacial score (nSPS) is 14.8. The van der Waals surface area contributed by atoms with Gasteiger partial charge in [-0.2, -0.15) is 26.3 Å². The number of alkyl halides is 7. The average Bonchev–Trinajstić information content (AvgIpc) is 2.34. The van der Waals surface area contributed by atoms with Crippen LogP contribution < -0.4 is 0 Å². The third kappa shape index (κ3) is 8.62. The Morgan fingerprint density at radius 3 is 1.61 bits per heavy atom. The third-order valence-electron chi connectivity index (χ3n) is 2.22. The summed E-state index contributed by atoms with van der Waals surface area (Å²) in [4.78, 5) is 32.3. The lowest BCUT2D eigenvalue weighted by molar-refractivity contribution is -0.210. The fourth-order valence-electron chi connectivity index (χ4n) is 1.37. The van der Waals surface area contributed by atoms with E-state index in [9.17, 15) is 40.7 Å². The van der Waals surface area contributed by atoms with Gasteiger partial charge in [0, 0.05) is 12.8 Å². The Bertz CT molecular complexity index is 447. The van der Waals surface area contributed by atoms with E-state index in [0.717, 1.165) is 6.92 Å². The summed E-state index contributed by atoms with van der Waals surface area (Å²) < 4.78 is 80.5. The molecule has 5 nitrogen and oxygen atoms in total. The summed E-state index contributed by atoms with van der Waals surface area (Å²) in [5.41, 5.74) is 0. The molecule has 23 heavy (non-hydrogen) atoms. The van der Waals surface area contributed by atoms with E-state index in [1.165, 1.54) is 0 Å². The highest BCUT2D eigenvalue weighted by Crippen LogP contribution is 2.23. The minimum Gasteiger partial charge on any atom is -0.455 e. The molecule has 0 aliphatic rings. The van der Waals surface area contributed by atoms with E-state index < -0.39 is 61.0 Å². The molecule has 0 spiro atoms. The van der Waals surface area contributed by atoms with Gasteiger partial charge in [0.15, 0.2) is 0 Å². The molecule has 2 atom stereocenters. The maximum Gasteiger partial charge on any atom is 0.490 e. The monoisotopic (exact) mass is 372 g/mol. The van der Waals surface area contributed by atoms with Crippen LogP contribution in [-0.2, 0) is 23.9 Å². The van der Waals surface area contributed by atoms with Crippen molar-refractivity contribution in [3.8, 4) is 0 Å². The molecule has 0 N–H and O–H groups in total. The Morgan fingerprint density at radius 1 is 0.913 bits per heavy atom. The highest BCUT2D eigenvalue weighted by molar-refractivity contribution is 6.18. The fourth-order valence-corrected chi connectivity index (χ4v) is 1.55. The summed E-state index contributed by atoms with van der Waals surface area (Å²) in [5.74, 6) is -6.63. The van der Waals surface area contributed by atoms with Crippen molar-refractivity contribution < 1.29 is 50.2 Å². The largest absolute Gasteiger partial charge is 0.490 e. The molecule has 0 saturated heterocycles. The Morgan fingerprint density at radius 2 is 1.30 bits per heavy atom. The summed E-state index contributed by atoms with van der Waals surface area (Å²) in [5, 5.41) is 0. The molecule has 134 valence electrons. The number of rotatable bonds is 7. The summed E-state index contributed by atoms with van der Waals surface area (Å²) in [6.07, 6.45) is -15.6. The highest BCUT2D eigenvalue weighted by Gasteiger charge is 2.44. The van der Waals surface area contributed by atoms with Crippen LogP contribution in [0.15, 0.2) is 0 Å². The summed E-state index contributed by atoms with van der Waals surface area (Å²) >= 11 is 5.28. The zero-order chi connectivity index (χ0) is 18.4. The average molecular weight is 373 g/mol. The van der Waals surface area contributed by atoms with E-state index in [0.29, 0.717) is 0 Å². The lowest BCUT2D eigenvalue weighted by Gasteiger charge is -2.22.